The Morgan fingerprint density at radius 3 is 1.37 bits per heavy atom. The maximum Gasteiger partial charge on any atom is 0.339 e. The number of phenols is 2. The molecule has 0 spiro atoms. The van der Waals surface area contributed by atoms with Gasteiger partial charge in [0.2, 0.25) is 5.78 Å². The van der Waals surface area contributed by atoms with Crippen LogP contribution in [-0.2, 0) is 4.79 Å². The lowest BCUT2D eigenvalue weighted by Gasteiger charge is -2.24. The molecule has 5 N–H and O–H groups in total. The molecular weight excluding hydrogens is 552 g/mol. The van der Waals surface area contributed by atoms with Crippen LogP contribution in [-0.4, -0.2) is 49.2 Å². The van der Waals surface area contributed by atoms with E-state index in [2.05, 4.69) is 0 Å². The Kier molecular flexibility index (Phi) is 6.27. The number of carboxylic acid groups (broad SMARTS) is 3. The van der Waals surface area contributed by atoms with Crippen molar-refractivity contribution in [2.75, 3.05) is 0 Å². The van der Waals surface area contributed by atoms with Gasteiger partial charge in [-0.15, -0.1) is 0 Å². The monoisotopic (exact) mass is 572 g/mol. The molecule has 1 aliphatic rings. The summed E-state index contributed by atoms with van der Waals surface area (Å²) in [5.74, 6) is -6.05. The lowest BCUT2D eigenvalue weighted by molar-refractivity contribution is -0.132. The van der Waals surface area contributed by atoms with Crippen molar-refractivity contribution >= 4 is 56.4 Å². The minimum atomic E-state index is -1.49. The molecular formula is C34H20O9. The second-order valence-corrected chi connectivity index (χ2v) is 9.87. The van der Waals surface area contributed by atoms with Crippen molar-refractivity contribution < 1.29 is 44.7 Å². The van der Waals surface area contributed by atoms with Gasteiger partial charge in [0.1, 0.15) is 28.2 Å². The van der Waals surface area contributed by atoms with Gasteiger partial charge >= 0.3 is 17.9 Å². The molecule has 0 saturated carbocycles. The maximum absolute atomic E-state index is 13.2. The zero-order chi connectivity index (χ0) is 30.6. The molecule has 43 heavy (non-hydrogen) atoms. The first-order valence-corrected chi connectivity index (χ1v) is 12.9. The number of fused-ring (bicyclic) bond motifs is 3. The fourth-order valence-electron chi connectivity index (χ4n) is 5.61. The Morgan fingerprint density at radius 2 is 0.930 bits per heavy atom. The molecule has 0 heterocycles. The number of rotatable bonds is 5. The van der Waals surface area contributed by atoms with Crippen LogP contribution in [0.1, 0.15) is 47.8 Å². The van der Waals surface area contributed by atoms with Gasteiger partial charge in [-0.2, -0.15) is 0 Å². The fraction of sp³-hybridized carbons (Fsp3) is 0. The van der Waals surface area contributed by atoms with Crippen molar-refractivity contribution in [3.63, 3.8) is 0 Å². The normalized spacial score (nSPS) is 12.6. The Bertz CT molecular complexity index is 2050. The summed E-state index contributed by atoms with van der Waals surface area (Å²) >= 11 is 0. The van der Waals surface area contributed by atoms with E-state index < -0.39 is 51.9 Å². The quantitative estimate of drug-likeness (QED) is 0.159. The first-order valence-electron chi connectivity index (χ1n) is 12.9. The number of hydrogen-bond donors (Lipinski definition) is 5. The molecule has 0 aliphatic heterocycles. The first kappa shape index (κ1) is 27.0. The number of benzene rings is 5. The highest BCUT2D eigenvalue weighted by atomic mass is 16.4. The first-order chi connectivity index (χ1) is 20.6. The summed E-state index contributed by atoms with van der Waals surface area (Å²) in [6.07, 6.45) is 1.19. The number of carbonyl (C=O) groups excluding carboxylic acids is 1. The van der Waals surface area contributed by atoms with Crippen LogP contribution in [0.2, 0.25) is 0 Å². The summed E-state index contributed by atoms with van der Waals surface area (Å²) in [6.45, 7) is 0. The minimum Gasteiger partial charge on any atom is -0.506 e. The number of aromatic hydroxyl groups is 2. The molecule has 1 aliphatic carbocycles. The molecule has 0 amide bonds. The summed E-state index contributed by atoms with van der Waals surface area (Å²) < 4.78 is 0. The van der Waals surface area contributed by atoms with E-state index >= 15 is 0 Å². The Morgan fingerprint density at radius 1 is 0.512 bits per heavy atom. The standard InChI is InChI=1S/C34H20O9/c35-29-19-10-4-1-7-16(19)22(13-25(29)32(38)39)28(23-14-26(33(40)41)30(36)20-11-5-2-8-17(20)23)24-15-27(34(42)43)31(37)21-12-6-3-9-18(21)24/h1-15,35-36H,(H,38,39)(H,40,41)(H,42,43). The van der Waals surface area contributed by atoms with Gasteiger partial charge in [-0.05, 0) is 56.8 Å². The van der Waals surface area contributed by atoms with E-state index in [1.165, 1.54) is 36.4 Å². The second-order valence-electron chi connectivity index (χ2n) is 9.87. The third kappa shape index (κ3) is 4.18. The molecule has 0 unspecified atom stereocenters. The average Bonchev–Trinajstić information content (AvgIpc) is 3.00. The van der Waals surface area contributed by atoms with E-state index in [1.54, 1.807) is 54.6 Å². The minimum absolute atomic E-state index is 0.0815. The number of carboxylic acids is 3. The van der Waals surface area contributed by atoms with Gasteiger partial charge in [0.05, 0.1) is 0 Å². The number of Topliss-reactive ketones (excluding diaryl/α,β-unsaturated/α-hetero) is 1. The summed E-state index contributed by atoms with van der Waals surface area (Å²) in [4.78, 5) is 50.1. The summed E-state index contributed by atoms with van der Waals surface area (Å²) in [5, 5.41) is 52.9. The number of aromatic carboxylic acids is 2. The zero-order valence-electron chi connectivity index (χ0n) is 22.0. The number of hydrogen-bond acceptors (Lipinski definition) is 6. The number of ketones is 1. The van der Waals surface area contributed by atoms with Crippen LogP contribution in [0, 0.1) is 0 Å². The predicted octanol–water partition coefficient (Wildman–Crippen LogP) is 5.97. The average molecular weight is 573 g/mol. The molecule has 9 nitrogen and oxygen atoms in total. The topological polar surface area (TPSA) is 169 Å². The lowest BCUT2D eigenvalue weighted by Crippen LogP contribution is -2.18. The van der Waals surface area contributed by atoms with Gasteiger partial charge in [-0.3, -0.25) is 4.79 Å². The van der Waals surface area contributed by atoms with Crippen molar-refractivity contribution in [1.82, 2.24) is 0 Å². The van der Waals surface area contributed by atoms with Crippen LogP contribution in [0.15, 0.2) is 96.6 Å². The highest BCUT2D eigenvalue weighted by Crippen LogP contribution is 2.46. The van der Waals surface area contributed by atoms with Gasteiger partial charge in [-0.25, -0.2) is 14.4 Å². The summed E-state index contributed by atoms with van der Waals surface area (Å²) in [7, 11) is 0. The van der Waals surface area contributed by atoms with Crippen LogP contribution in [0.5, 0.6) is 11.5 Å². The Hall–Kier alpha value is -6.22. The number of allylic oxidation sites excluding steroid dienone is 2. The van der Waals surface area contributed by atoms with E-state index in [-0.39, 0.29) is 38.6 Å². The maximum atomic E-state index is 13.2. The summed E-state index contributed by atoms with van der Waals surface area (Å²) in [6, 6.07) is 21.7. The van der Waals surface area contributed by atoms with E-state index in [0.29, 0.717) is 16.3 Å². The van der Waals surface area contributed by atoms with Crippen molar-refractivity contribution in [2.24, 2.45) is 0 Å². The van der Waals surface area contributed by atoms with Crippen molar-refractivity contribution in [1.29, 1.82) is 0 Å². The molecule has 0 fully saturated rings. The molecule has 0 atom stereocenters. The van der Waals surface area contributed by atoms with Gasteiger partial charge in [0.15, 0.2) is 0 Å². The largest absolute Gasteiger partial charge is 0.506 e. The Labute approximate surface area is 242 Å². The third-order valence-corrected chi connectivity index (χ3v) is 7.53. The van der Waals surface area contributed by atoms with E-state index in [4.69, 9.17) is 0 Å². The zero-order valence-corrected chi connectivity index (χ0v) is 22.0. The molecule has 5 aromatic rings. The van der Waals surface area contributed by atoms with Crippen LogP contribution in [0.3, 0.4) is 0 Å². The number of carbonyl (C=O) groups is 4. The molecule has 210 valence electrons. The molecule has 0 radical (unpaired) electrons. The van der Waals surface area contributed by atoms with Gasteiger partial charge in [0.25, 0.3) is 0 Å². The second kappa shape index (κ2) is 10.0. The molecule has 9 heteroatoms. The number of aliphatic carboxylic acids is 1. The molecule has 0 bridgehead atoms. The smallest absolute Gasteiger partial charge is 0.339 e. The molecule has 0 saturated heterocycles. The third-order valence-electron chi connectivity index (χ3n) is 7.53. The predicted molar refractivity (Wildman–Crippen MR) is 158 cm³/mol. The molecule has 5 aromatic carbocycles. The Balaban J connectivity index is 1.93. The van der Waals surface area contributed by atoms with E-state index in [1.807, 2.05) is 0 Å². The highest BCUT2D eigenvalue weighted by Gasteiger charge is 2.32. The van der Waals surface area contributed by atoms with Crippen LogP contribution >= 0.6 is 0 Å². The van der Waals surface area contributed by atoms with Gasteiger partial charge in [0, 0.05) is 16.3 Å². The molecule has 0 aromatic heterocycles. The van der Waals surface area contributed by atoms with Crippen molar-refractivity contribution in [3.05, 3.63) is 130 Å². The summed E-state index contributed by atoms with van der Waals surface area (Å²) in [5.41, 5.74) is -0.200. The molecule has 6 rings (SSSR count). The van der Waals surface area contributed by atoms with Crippen molar-refractivity contribution in [2.45, 2.75) is 0 Å². The lowest BCUT2D eigenvalue weighted by atomic mass is 9.78. The van der Waals surface area contributed by atoms with Gasteiger partial charge < -0.3 is 25.5 Å². The SMILES string of the molecule is O=C(O)C1=CC(=C(c2cc(C(=O)O)c(O)c3ccccc23)c2cc(C(=O)O)c(O)c3ccccc23)c2ccccc2C1=O. The fourth-order valence-corrected chi connectivity index (χ4v) is 5.61. The van der Waals surface area contributed by atoms with Crippen LogP contribution in [0.4, 0.5) is 0 Å². The van der Waals surface area contributed by atoms with Gasteiger partial charge in [-0.1, -0.05) is 72.8 Å². The van der Waals surface area contributed by atoms with Crippen LogP contribution in [0.25, 0.3) is 32.7 Å². The van der Waals surface area contributed by atoms with E-state index in [9.17, 15) is 44.7 Å². The van der Waals surface area contributed by atoms with Crippen LogP contribution < -0.4 is 0 Å². The highest BCUT2D eigenvalue weighted by molar-refractivity contribution is 6.30. The van der Waals surface area contributed by atoms with Crippen molar-refractivity contribution in [3.8, 4) is 11.5 Å². The van der Waals surface area contributed by atoms with E-state index in [0.717, 1.165) is 0 Å².